The van der Waals surface area contributed by atoms with Crippen molar-refractivity contribution in [2.24, 2.45) is 5.92 Å². The number of fused-ring (bicyclic) bond motifs is 3. The third kappa shape index (κ3) is 5.22. The lowest BCUT2D eigenvalue weighted by atomic mass is 9.86. The fourth-order valence-corrected chi connectivity index (χ4v) is 4.54. The van der Waals surface area contributed by atoms with Crippen LogP contribution in [0, 0.1) is 5.92 Å². The molecule has 1 atom stereocenters. The summed E-state index contributed by atoms with van der Waals surface area (Å²) in [4.78, 5) is 21.9. The van der Waals surface area contributed by atoms with Gasteiger partial charge < -0.3 is 14.2 Å². The average molecular weight is 440 g/mol. The number of carbonyl (C=O) groups excluding carboxylic acids is 1. The molecule has 0 saturated carbocycles. The van der Waals surface area contributed by atoms with Gasteiger partial charge in [0.15, 0.2) is 0 Å². The Hall–Kier alpha value is -2.64. The van der Waals surface area contributed by atoms with Crippen LogP contribution >= 0.6 is 0 Å². The van der Waals surface area contributed by atoms with E-state index in [9.17, 15) is 4.79 Å². The minimum atomic E-state index is -0.272. The maximum absolute atomic E-state index is 13.2. The minimum absolute atomic E-state index is 0.0123. The van der Waals surface area contributed by atoms with Crippen molar-refractivity contribution < 1.29 is 19.0 Å². The Morgan fingerprint density at radius 1 is 1.19 bits per heavy atom. The molecule has 7 heteroatoms. The number of hydrogen-bond acceptors (Lipinski definition) is 6. The number of piperidine rings is 3. The number of amides is 1. The lowest BCUT2D eigenvalue weighted by Gasteiger charge is -2.44. The molecule has 0 spiro atoms. The Balaban J connectivity index is 1.47. The van der Waals surface area contributed by atoms with E-state index in [-0.39, 0.29) is 18.2 Å². The summed E-state index contributed by atoms with van der Waals surface area (Å²) in [5.41, 5.74) is 2.57. The first-order valence-corrected chi connectivity index (χ1v) is 11.5. The van der Waals surface area contributed by atoms with Gasteiger partial charge in [0.1, 0.15) is 18.5 Å². The highest BCUT2D eigenvalue weighted by molar-refractivity contribution is 5.89. The molecule has 0 radical (unpaired) electrons. The van der Waals surface area contributed by atoms with Crippen molar-refractivity contribution in [3.8, 4) is 17.0 Å². The maximum atomic E-state index is 13.2. The zero-order valence-corrected chi connectivity index (χ0v) is 19.2. The van der Waals surface area contributed by atoms with E-state index in [4.69, 9.17) is 14.2 Å². The van der Waals surface area contributed by atoms with E-state index in [1.165, 1.54) is 0 Å². The van der Waals surface area contributed by atoms with Gasteiger partial charge in [-0.1, -0.05) is 12.1 Å². The highest BCUT2D eigenvalue weighted by atomic mass is 16.6. The van der Waals surface area contributed by atoms with Crippen LogP contribution in [0.5, 0.6) is 5.75 Å². The van der Waals surface area contributed by atoms with Crippen LogP contribution < -0.4 is 9.64 Å². The summed E-state index contributed by atoms with van der Waals surface area (Å²) in [6.07, 6.45) is 3.66. The Morgan fingerprint density at radius 2 is 2.00 bits per heavy atom. The van der Waals surface area contributed by atoms with Gasteiger partial charge in [-0.2, -0.15) is 0 Å². The predicted octanol–water partition coefficient (Wildman–Crippen LogP) is 4.22. The first kappa shape index (κ1) is 22.6. The first-order valence-electron chi connectivity index (χ1n) is 11.5. The van der Waals surface area contributed by atoms with Gasteiger partial charge >= 0.3 is 6.09 Å². The highest BCUT2D eigenvalue weighted by Gasteiger charge is 2.37. The molecule has 3 saturated heterocycles. The second-order valence-corrected chi connectivity index (χ2v) is 8.79. The van der Waals surface area contributed by atoms with E-state index in [0.29, 0.717) is 24.9 Å². The van der Waals surface area contributed by atoms with Crippen LogP contribution in [0.1, 0.15) is 26.7 Å². The third-order valence-electron chi connectivity index (χ3n) is 6.27. The quantitative estimate of drug-likeness (QED) is 0.574. The molecular weight excluding hydrogens is 406 g/mol. The van der Waals surface area contributed by atoms with Gasteiger partial charge in [-0.05, 0) is 70.0 Å². The van der Waals surface area contributed by atoms with Crippen molar-refractivity contribution in [2.75, 3.05) is 44.9 Å². The molecule has 3 aliphatic heterocycles. The molecule has 7 nitrogen and oxygen atoms in total. The van der Waals surface area contributed by atoms with Gasteiger partial charge in [0.2, 0.25) is 0 Å². The zero-order valence-electron chi connectivity index (χ0n) is 19.2. The van der Waals surface area contributed by atoms with Crippen LogP contribution in [-0.4, -0.2) is 68.1 Å². The molecule has 3 aliphatic rings. The van der Waals surface area contributed by atoms with Crippen molar-refractivity contribution in [1.82, 2.24) is 9.88 Å². The Kier molecular flexibility index (Phi) is 7.27. The van der Waals surface area contributed by atoms with Gasteiger partial charge in [-0.15, -0.1) is 0 Å². The topological polar surface area (TPSA) is 64.1 Å². The molecule has 1 aromatic carbocycles. The Labute approximate surface area is 190 Å². The van der Waals surface area contributed by atoms with E-state index in [2.05, 4.69) is 9.88 Å². The normalized spacial score (nSPS) is 22.1. The van der Waals surface area contributed by atoms with Crippen LogP contribution in [0.25, 0.3) is 11.3 Å². The number of anilines is 1. The van der Waals surface area contributed by atoms with Crippen molar-refractivity contribution in [1.29, 1.82) is 0 Å². The molecule has 3 fully saturated rings. The maximum Gasteiger partial charge on any atom is 0.414 e. The second-order valence-electron chi connectivity index (χ2n) is 8.79. The number of methoxy groups -OCH3 is 1. The molecule has 1 unspecified atom stereocenters. The summed E-state index contributed by atoms with van der Waals surface area (Å²) in [6, 6.07) is 11.7. The minimum Gasteiger partial charge on any atom is -0.490 e. The Morgan fingerprint density at radius 3 is 2.62 bits per heavy atom. The van der Waals surface area contributed by atoms with E-state index in [0.717, 1.165) is 49.4 Å². The molecular formula is C25H33N3O4. The van der Waals surface area contributed by atoms with Crippen molar-refractivity contribution >= 4 is 11.8 Å². The summed E-state index contributed by atoms with van der Waals surface area (Å²) in [5.74, 6) is 1.19. The van der Waals surface area contributed by atoms with Gasteiger partial charge in [0.05, 0.1) is 18.5 Å². The van der Waals surface area contributed by atoms with Crippen LogP contribution in [0.15, 0.2) is 42.6 Å². The molecule has 32 heavy (non-hydrogen) atoms. The molecule has 1 amide bonds. The Bertz CT molecular complexity index is 894. The summed E-state index contributed by atoms with van der Waals surface area (Å²) >= 11 is 0. The third-order valence-corrected chi connectivity index (χ3v) is 6.27. The molecule has 2 bridgehead atoms. The SMILES string of the molecule is COCCOc1ccc(-c2cccc(N(C(=O)OC3CN4CCC3CC4)C(C)C)c2)nc1. The van der Waals surface area contributed by atoms with Crippen LogP contribution in [0.3, 0.4) is 0 Å². The number of rotatable bonds is 8. The van der Waals surface area contributed by atoms with E-state index in [1.54, 1.807) is 18.2 Å². The van der Waals surface area contributed by atoms with Crippen LogP contribution in [-0.2, 0) is 9.47 Å². The van der Waals surface area contributed by atoms with Crippen LogP contribution in [0.2, 0.25) is 0 Å². The van der Waals surface area contributed by atoms with E-state index in [1.807, 2.05) is 50.2 Å². The lowest BCUT2D eigenvalue weighted by molar-refractivity contribution is -0.0313. The fraction of sp³-hybridized carbons (Fsp3) is 0.520. The molecule has 2 aromatic rings. The first-order chi connectivity index (χ1) is 15.5. The smallest absolute Gasteiger partial charge is 0.414 e. The zero-order chi connectivity index (χ0) is 22.5. The summed E-state index contributed by atoms with van der Waals surface area (Å²) in [7, 11) is 1.64. The van der Waals surface area contributed by atoms with Gasteiger partial charge in [-0.25, -0.2) is 4.79 Å². The summed E-state index contributed by atoms with van der Waals surface area (Å²) < 4.78 is 16.6. The largest absolute Gasteiger partial charge is 0.490 e. The number of pyridine rings is 1. The summed E-state index contributed by atoms with van der Waals surface area (Å²) in [5, 5.41) is 0. The fourth-order valence-electron chi connectivity index (χ4n) is 4.54. The van der Waals surface area contributed by atoms with Crippen molar-refractivity contribution in [3.05, 3.63) is 42.6 Å². The second kappa shape index (κ2) is 10.3. The van der Waals surface area contributed by atoms with Crippen molar-refractivity contribution in [3.63, 3.8) is 0 Å². The standard InChI is InChI=1S/C25H33N3O4/c1-18(2)28(25(29)32-24-17-27-11-9-19(24)10-12-27)21-6-4-5-20(15-21)23-8-7-22(16-26-23)31-14-13-30-3/h4-8,15-16,18-19,24H,9-14,17H2,1-3H3. The molecule has 172 valence electrons. The lowest BCUT2D eigenvalue weighted by Crippen LogP contribution is -2.53. The molecule has 5 rings (SSSR count). The molecule has 0 aliphatic carbocycles. The number of hydrogen-bond donors (Lipinski definition) is 0. The number of benzene rings is 1. The number of carbonyl (C=O) groups is 1. The predicted molar refractivity (Wildman–Crippen MR) is 124 cm³/mol. The number of aromatic nitrogens is 1. The van der Waals surface area contributed by atoms with Crippen LogP contribution in [0.4, 0.5) is 10.5 Å². The van der Waals surface area contributed by atoms with Gasteiger partial charge in [0, 0.05) is 30.9 Å². The van der Waals surface area contributed by atoms with Gasteiger partial charge in [-0.3, -0.25) is 14.8 Å². The number of ether oxygens (including phenoxy) is 3. The van der Waals surface area contributed by atoms with Gasteiger partial charge in [0.25, 0.3) is 0 Å². The number of nitrogens with zero attached hydrogens (tertiary/aromatic N) is 3. The summed E-state index contributed by atoms with van der Waals surface area (Å²) in [6.45, 7) is 8.13. The average Bonchev–Trinajstić information content (AvgIpc) is 2.80. The highest BCUT2D eigenvalue weighted by Crippen LogP contribution is 2.31. The van der Waals surface area contributed by atoms with E-state index < -0.39 is 0 Å². The monoisotopic (exact) mass is 439 g/mol. The molecule has 0 N–H and O–H groups in total. The molecule has 4 heterocycles. The van der Waals surface area contributed by atoms with E-state index >= 15 is 0 Å². The van der Waals surface area contributed by atoms with Crippen molar-refractivity contribution in [2.45, 2.75) is 38.8 Å². The molecule has 1 aromatic heterocycles.